The van der Waals surface area contributed by atoms with Gasteiger partial charge in [0.2, 0.25) is 0 Å². The molecule has 8 nitrogen and oxygen atoms in total. The van der Waals surface area contributed by atoms with Crippen LogP contribution in [0.4, 0.5) is 17.3 Å². The second kappa shape index (κ2) is 3.51. The molecular weight excluding hydrogens is 224 g/mol. The number of aromatic nitrogens is 4. The normalized spacial score (nSPS) is 13.8. The van der Waals surface area contributed by atoms with E-state index in [1.165, 1.54) is 6.07 Å². The van der Waals surface area contributed by atoms with Crippen molar-refractivity contribution in [2.75, 3.05) is 11.4 Å². The number of nitrogens with one attached hydrogen (secondary N) is 1. The van der Waals surface area contributed by atoms with Gasteiger partial charge in [-0.05, 0) is 23.3 Å². The van der Waals surface area contributed by atoms with Crippen LogP contribution < -0.4 is 4.90 Å². The zero-order chi connectivity index (χ0) is 11.8. The van der Waals surface area contributed by atoms with Crippen LogP contribution in [0.2, 0.25) is 0 Å². The van der Waals surface area contributed by atoms with E-state index in [4.69, 9.17) is 0 Å². The average molecular weight is 232 g/mol. The standard InChI is InChI=1S/C9H8N6O2/c16-15(17)7-1-2-8-6(5-7)3-4-14(8)9-10-12-13-11-9/h1-2,5H,3-4H2,(H,10,11,12,13). The van der Waals surface area contributed by atoms with Crippen molar-refractivity contribution >= 4 is 17.3 Å². The molecule has 1 N–H and O–H groups in total. The van der Waals surface area contributed by atoms with Gasteiger partial charge in [-0.3, -0.25) is 10.1 Å². The monoisotopic (exact) mass is 232 g/mol. The van der Waals surface area contributed by atoms with Crippen LogP contribution in [0.25, 0.3) is 0 Å². The molecule has 0 radical (unpaired) electrons. The Bertz CT molecular complexity index is 567. The molecule has 86 valence electrons. The number of anilines is 2. The molecule has 1 aliphatic heterocycles. The third-order valence-corrected chi connectivity index (χ3v) is 2.75. The number of aromatic amines is 1. The molecule has 0 atom stereocenters. The number of nitro groups is 1. The molecule has 3 rings (SSSR count). The number of hydrogen-bond donors (Lipinski definition) is 1. The third-order valence-electron chi connectivity index (χ3n) is 2.75. The first-order valence-electron chi connectivity index (χ1n) is 5.04. The first-order chi connectivity index (χ1) is 8.25. The zero-order valence-electron chi connectivity index (χ0n) is 8.70. The van der Waals surface area contributed by atoms with Crippen molar-refractivity contribution in [3.8, 4) is 0 Å². The van der Waals surface area contributed by atoms with Gasteiger partial charge in [0.25, 0.3) is 11.6 Å². The van der Waals surface area contributed by atoms with Crippen LogP contribution in [0.5, 0.6) is 0 Å². The molecule has 0 saturated heterocycles. The van der Waals surface area contributed by atoms with E-state index in [2.05, 4.69) is 20.6 Å². The number of hydrogen-bond acceptors (Lipinski definition) is 6. The lowest BCUT2D eigenvalue weighted by Gasteiger charge is -2.13. The Labute approximate surface area is 95.4 Å². The summed E-state index contributed by atoms with van der Waals surface area (Å²) in [6, 6.07) is 4.80. The lowest BCUT2D eigenvalue weighted by atomic mass is 10.1. The number of non-ortho nitro benzene ring substituents is 1. The highest BCUT2D eigenvalue weighted by atomic mass is 16.6. The van der Waals surface area contributed by atoms with Crippen LogP contribution in [-0.2, 0) is 6.42 Å². The second-order valence-corrected chi connectivity index (χ2v) is 3.68. The van der Waals surface area contributed by atoms with Gasteiger partial charge in [0.1, 0.15) is 0 Å². The summed E-state index contributed by atoms with van der Waals surface area (Å²) in [5.41, 5.74) is 1.94. The molecular formula is C9H8N6O2. The van der Waals surface area contributed by atoms with Gasteiger partial charge in [0.15, 0.2) is 0 Å². The molecule has 0 amide bonds. The highest BCUT2D eigenvalue weighted by Crippen LogP contribution is 2.34. The fourth-order valence-electron chi connectivity index (χ4n) is 1.98. The molecule has 2 heterocycles. The van der Waals surface area contributed by atoms with Gasteiger partial charge in [-0.1, -0.05) is 5.10 Å². The Morgan fingerprint density at radius 1 is 1.47 bits per heavy atom. The molecule has 1 aromatic heterocycles. The molecule has 0 aliphatic carbocycles. The highest BCUT2D eigenvalue weighted by Gasteiger charge is 2.24. The Morgan fingerprint density at radius 2 is 2.35 bits per heavy atom. The van der Waals surface area contributed by atoms with Crippen molar-refractivity contribution in [1.82, 2.24) is 20.6 Å². The maximum absolute atomic E-state index is 10.7. The van der Waals surface area contributed by atoms with E-state index in [0.717, 1.165) is 17.7 Å². The fraction of sp³-hybridized carbons (Fsp3) is 0.222. The summed E-state index contributed by atoms with van der Waals surface area (Å²) < 4.78 is 0. The fourth-order valence-corrected chi connectivity index (χ4v) is 1.98. The van der Waals surface area contributed by atoms with E-state index in [1.807, 2.05) is 4.90 Å². The minimum atomic E-state index is -0.392. The molecule has 0 saturated carbocycles. The maximum Gasteiger partial charge on any atom is 0.270 e. The number of tetrazole rings is 1. The van der Waals surface area contributed by atoms with E-state index in [9.17, 15) is 10.1 Å². The van der Waals surface area contributed by atoms with Gasteiger partial charge in [0, 0.05) is 24.4 Å². The number of benzene rings is 1. The van der Waals surface area contributed by atoms with Crippen LogP contribution in [0, 0.1) is 10.1 Å². The van der Waals surface area contributed by atoms with E-state index in [0.29, 0.717) is 12.5 Å². The SMILES string of the molecule is O=[N+]([O-])c1ccc2c(c1)CCN2c1nn[nH]n1. The van der Waals surface area contributed by atoms with Crippen molar-refractivity contribution < 1.29 is 4.92 Å². The van der Waals surface area contributed by atoms with Gasteiger partial charge in [-0.15, -0.1) is 5.10 Å². The van der Waals surface area contributed by atoms with E-state index >= 15 is 0 Å². The van der Waals surface area contributed by atoms with Gasteiger partial charge in [-0.2, -0.15) is 5.21 Å². The predicted molar refractivity (Wildman–Crippen MR) is 58.0 cm³/mol. The predicted octanol–water partition coefficient (Wildman–Crippen LogP) is 0.802. The largest absolute Gasteiger partial charge is 0.307 e. The zero-order valence-corrected chi connectivity index (χ0v) is 8.70. The van der Waals surface area contributed by atoms with Crippen LogP contribution in [0.15, 0.2) is 18.2 Å². The van der Waals surface area contributed by atoms with Crippen molar-refractivity contribution in [2.24, 2.45) is 0 Å². The Morgan fingerprint density at radius 3 is 3.06 bits per heavy atom. The molecule has 0 fully saturated rings. The van der Waals surface area contributed by atoms with Crippen molar-refractivity contribution in [3.05, 3.63) is 33.9 Å². The minimum absolute atomic E-state index is 0.110. The number of nitrogens with zero attached hydrogens (tertiary/aromatic N) is 5. The first kappa shape index (κ1) is 9.70. The Balaban J connectivity index is 2.01. The number of fused-ring (bicyclic) bond motifs is 1. The second-order valence-electron chi connectivity index (χ2n) is 3.68. The number of rotatable bonds is 2. The molecule has 0 spiro atoms. The quantitative estimate of drug-likeness (QED) is 0.607. The summed E-state index contributed by atoms with van der Waals surface area (Å²) >= 11 is 0. The Hall–Kier alpha value is -2.51. The van der Waals surface area contributed by atoms with Crippen molar-refractivity contribution in [1.29, 1.82) is 0 Å². The topological polar surface area (TPSA) is 101 Å². The van der Waals surface area contributed by atoms with E-state index in [1.54, 1.807) is 12.1 Å². The lowest BCUT2D eigenvalue weighted by molar-refractivity contribution is -0.384. The smallest absolute Gasteiger partial charge is 0.270 e. The van der Waals surface area contributed by atoms with Crippen LogP contribution in [0.3, 0.4) is 0 Å². The molecule has 8 heteroatoms. The maximum atomic E-state index is 10.7. The van der Waals surface area contributed by atoms with Crippen molar-refractivity contribution in [2.45, 2.75) is 6.42 Å². The molecule has 17 heavy (non-hydrogen) atoms. The Kier molecular flexibility index (Phi) is 2.00. The summed E-state index contributed by atoms with van der Waals surface area (Å²) in [6.07, 6.45) is 0.742. The minimum Gasteiger partial charge on any atom is -0.307 e. The van der Waals surface area contributed by atoms with Crippen LogP contribution in [-0.4, -0.2) is 32.1 Å². The first-order valence-corrected chi connectivity index (χ1v) is 5.04. The van der Waals surface area contributed by atoms with Gasteiger partial charge in [-0.25, -0.2) is 0 Å². The number of H-pyrrole nitrogens is 1. The van der Waals surface area contributed by atoms with E-state index in [-0.39, 0.29) is 5.69 Å². The van der Waals surface area contributed by atoms with Crippen LogP contribution >= 0.6 is 0 Å². The number of nitro benzene ring substituents is 1. The van der Waals surface area contributed by atoms with E-state index < -0.39 is 4.92 Å². The summed E-state index contributed by atoms with van der Waals surface area (Å²) in [6.45, 7) is 0.704. The molecule has 0 unspecified atom stereocenters. The summed E-state index contributed by atoms with van der Waals surface area (Å²) in [5, 5.41) is 24.3. The summed E-state index contributed by atoms with van der Waals surface area (Å²) in [7, 11) is 0. The molecule has 1 aliphatic rings. The summed E-state index contributed by atoms with van der Waals surface area (Å²) in [4.78, 5) is 12.1. The third kappa shape index (κ3) is 1.50. The van der Waals surface area contributed by atoms with Crippen LogP contribution in [0.1, 0.15) is 5.56 Å². The average Bonchev–Trinajstić information content (AvgIpc) is 2.96. The van der Waals surface area contributed by atoms with Gasteiger partial charge >= 0.3 is 0 Å². The molecule has 0 bridgehead atoms. The molecule has 1 aromatic carbocycles. The molecule has 2 aromatic rings. The summed E-state index contributed by atoms with van der Waals surface area (Å²) in [5.74, 6) is 0.484. The van der Waals surface area contributed by atoms with Crippen molar-refractivity contribution in [3.63, 3.8) is 0 Å². The van der Waals surface area contributed by atoms with Gasteiger partial charge in [0.05, 0.1) is 4.92 Å². The highest BCUT2D eigenvalue weighted by molar-refractivity contribution is 5.67. The van der Waals surface area contributed by atoms with Gasteiger partial charge < -0.3 is 4.90 Å². The lowest BCUT2D eigenvalue weighted by Crippen LogP contribution is -2.14.